The third-order valence-electron chi connectivity index (χ3n) is 1.85. The maximum absolute atomic E-state index is 11.5. The average Bonchev–Trinajstić information content (AvgIpc) is 2.26. The highest BCUT2D eigenvalue weighted by Crippen LogP contribution is 2.10. The molecule has 0 bridgehead atoms. The summed E-state index contributed by atoms with van der Waals surface area (Å²) in [5, 5.41) is 8.67. The standard InChI is InChI=1S/C13H8O3/c1-2-3-8-12(14)11-7-5-4-6-10(11)9-13(15)16/h1,4-7H,9H2,(H,15,16). The van der Waals surface area contributed by atoms with Gasteiger partial charge in [0.2, 0.25) is 5.78 Å². The topological polar surface area (TPSA) is 54.4 Å². The number of Topliss-reactive ketones (excluding diaryl/α,β-unsaturated/α-hetero) is 1. The zero-order chi connectivity index (χ0) is 12.0. The number of benzene rings is 1. The van der Waals surface area contributed by atoms with E-state index in [0.29, 0.717) is 5.56 Å². The second-order valence-electron chi connectivity index (χ2n) is 2.95. The zero-order valence-corrected chi connectivity index (χ0v) is 8.36. The number of carboxylic acid groups (broad SMARTS) is 1. The molecule has 0 atom stereocenters. The van der Waals surface area contributed by atoms with E-state index in [2.05, 4.69) is 11.8 Å². The van der Waals surface area contributed by atoms with Crippen molar-refractivity contribution in [2.24, 2.45) is 0 Å². The van der Waals surface area contributed by atoms with Gasteiger partial charge < -0.3 is 5.11 Å². The molecular weight excluding hydrogens is 204 g/mol. The van der Waals surface area contributed by atoms with Crippen LogP contribution in [0.1, 0.15) is 15.9 Å². The lowest BCUT2D eigenvalue weighted by Crippen LogP contribution is -2.06. The normalized spacial score (nSPS) is 8.44. The molecule has 0 aliphatic rings. The minimum atomic E-state index is -0.995. The van der Waals surface area contributed by atoms with E-state index in [0.717, 1.165) is 0 Å². The molecule has 1 aromatic carbocycles. The van der Waals surface area contributed by atoms with Crippen LogP contribution in [-0.2, 0) is 11.2 Å². The molecule has 0 unspecified atom stereocenters. The van der Waals surface area contributed by atoms with Crippen molar-refractivity contribution in [3.63, 3.8) is 0 Å². The Morgan fingerprint density at radius 2 is 2.00 bits per heavy atom. The Bertz CT molecular complexity index is 524. The van der Waals surface area contributed by atoms with Crippen LogP contribution in [0, 0.1) is 24.2 Å². The highest BCUT2D eigenvalue weighted by Gasteiger charge is 2.10. The summed E-state index contributed by atoms with van der Waals surface area (Å²) < 4.78 is 0. The molecule has 0 aromatic heterocycles. The van der Waals surface area contributed by atoms with Gasteiger partial charge in [0, 0.05) is 5.56 Å². The molecule has 0 fully saturated rings. The quantitative estimate of drug-likeness (QED) is 0.464. The minimum Gasteiger partial charge on any atom is -0.481 e. The van der Waals surface area contributed by atoms with Crippen LogP contribution in [0.15, 0.2) is 24.3 Å². The predicted molar refractivity (Wildman–Crippen MR) is 58.7 cm³/mol. The Morgan fingerprint density at radius 1 is 1.31 bits per heavy atom. The molecule has 16 heavy (non-hydrogen) atoms. The summed E-state index contributed by atoms with van der Waals surface area (Å²) in [5.41, 5.74) is 0.721. The first-order chi connectivity index (χ1) is 7.65. The molecule has 0 heterocycles. The number of terminal acetylenes is 1. The zero-order valence-electron chi connectivity index (χ0n) is 8.36. The number of ketones is 1. The van der Waals surface area contributed by atoms with Gasteiger partial charge in [-0.15, -0.1) is 6.42 Å². The fourth-order valence-electron chi connectivity index (χ4n) is 1.22. The molecule has 1 rings (SSSR count). The fraction of sp³-hybridized carbons (Fsp3) is 0.0769. The third-order valence-corrected chi connectivity index (χ3v) is 1.85. The smallest absolute Gasteiger partial charge is 0.307 e. The van der Waals surface area contributed by atoms with Gasteiger partial charge >= 0.3 is 5.97 Å². The number of aliphatic carboxylic acids is 1. The van der Waals surface area contributed by atoms with E-state index in [-0.39, 0.29) is 12.0 Å². The largest absolute Gasteiger partial charge is 0.481 e. The molecule has 3 nitrogen and oxygen atoms in total. The van der Waals surface area contributed by atoms with E-state index >= 15 is 0 Å². The van der Waals surface area contributed by atoms with Gasteiger partial charge in [-0.3, -0.25) is 9.59 Å². The summed E-state index contributed by atoms with van der Waals surface area (Å²) in [4.78, 5) is 22.1. The molecule has 3 heteroatoms. The first-order valence-electron chi connectivity index (χ1n) is 4.45. The van der Waals surface area contributed by atoms with E-state index in [1.54, 1.807) is 18.2 Å². The Balaban J connectivity index is 3.09. The highest BCUT2D eigenvalue weighted by molar-refractivity contribution is 6.10. The van der Waals surface area contributed by atoms with Gasteiger partial charge in [-0.2, -0.15) is 0 Å². The first kappa shape index (κ1) is 11.6. The van der Waals surface area contributed by atoms with Gasteiger partial charge in [-0.25, -0.2) is 0 Å². The van der Waals surface area contributed by atoms with E-state index in [4.69, 9.17) is 11.5 Å². The van der Waals surface area contributed by atoms with Gasteiger partial charge in [0.1, 0.15) is 0 Å². The van der Waals surface area contributed by atoms with Crippen molar-refractivity contribution in [2.75, 3.05) is 0 Å². The maximum atomic E-state index is 11.5. The van der Waals surface area contributed by atoms with Crippen LogP contribution in [0.5, 0.6) is 0 Å². The number of rotatable bonds is 3. The van der Waals surface area contributed by atoms with Crippen molar-refractivity contribution in [1.82, 2.24) is 0 Å². The molecule has 0 amide bonds. The summed E-state index contributed by atoms with van der Waals surface area (Å²) in [6.07, 6.45) is 4.70. The van der Waals surface area contributed by atoms with Crippen molar-refractivity contribution < 1.29 is 14.7 Å². The lowest BCUT2D eigenvalue weighted by molar-refractivity contribution is -0.136. The summed E-state index contributed by atoms with van der Waals surface area (Å²) >= 11 is 0. The molecule has 1 aromatic rings. The van der Waals surface area contributed by atoms with Gasteiger partial charge in [-0.1, -0.05) is 24.3 Å². The summed E-state index contributed by atoms with van der Waals surface area (Å²) in [7, 11) is 0. The van der Waals surface area contributed by atoms with Crippen molar-refractivity contribution in [1.29, 1.82) is 0 Å². The van der Waals surface area contributed by atoms with Crippen LogP contribution in [0.25, 0.3) is 0 Å². The molecular formula is C13H8O3. The van der Waals surface area contributed by atoms with Crippen molar-refractivity contribution in [3.05, 3.63) is 35.4 Å². The molecule has 1 N–H and O–H groups in total. The van der Waals surface area contributed by atoms with Crippen LogP contribution in [0.3, 0.4) is 0 Å². The Labute approximate surface area is 93.1 Å². The number of hydrogen-bond donors (Lipinski definition) is 1. The van der Waals surface area contributed by atoms with E-state index in [1.807, 2.05) is 5.92 Å². The lowest BCUT2D eigenvalue weighted by atomic mass is 10.0. The molecule has 0 saturated heterocycles. The first-order valence-corrected chi connectivity index (χ1v) is 4.45. The van der Waals surface area contributed by atoms with Crippen LogP contribution in [0.4, 0.5) is 0 Å². The Hall–Kier alpha value is -2.52. The second kappa shape index (κ2) is 5.38. The Kier molecular flexibility index (Phi) is 3.89. The van der Waals surface area contributed by atoms with Crippen LogP contribution in [-0.4, -0.2) is 16.9 Å². The molecule has 78 valence electrons. The van der Waals surface area contributed by atoms with Crippen molar-refractivity contribution >= 4 is 11.8 Å². The summed E-state index contributed by atoms with van der Waals surface area (Å²) in [5.74, 6) is 5.02. The maximum Gasteiger partial charge on any atom is 0.307 e. The van der Waals surface area contributed by atoms with E-state index in [9.17, 15) is 9.59 Å². The SMILES string of the molecule is C#CC#CC(=O)c1ccccc1CC(=O)O. The fourth-order valence-corrected chi connectivity index (χ4v) is 1.22. The Morgan fingerprint density at radius 3 is 2.62 bits per heavy atom. The van der Waals surface area contributed by atoms with Crippen LogP contribution in [0.2, 0.25) is 0 Å². The number of carboxylic acids is 1. The van der Waals surface area contributed by atoms with Gasteiger partial charge in [0.05, 0.1) is 6.42 Å². The van der Waals surface area contributed by atoms with Gasteiger partial charge in [0.25, 0.3) is 0 Å². The number of carbonyl (C=O) groups excluding carboxylic acids is 1. The summed E-state index contributed by atoms with van der Waals surface area (Å²) in [6.45, 7) is 0. The third kappa shape index (κ3) is 3.01. The number of hydrogen-bond acceptors (Lipinski definition) is 2. The van der Waals surface area contributed by atoms with Crippen molar-refractivity contribution in [3.8, 4) is 24.2 Å². The van der Waals surface area contributed by atoms with Gasteiger partial charge in [0.15, 0.2) is 0 Å². The molecule has 0 saturated carbocycles. The van der Waals surface area contributed by atoms with Gasteiger partial charge in [-0.05, 0) is 23.3 Å². The van der Waals surface area contributed by atoms with E-state index < -0.39 is 11.8 Å². The highest BCUT2D eigenvalue weighted by atomic mass is 16.4. The monoisotopic (exact) mass is 212 g/mol. The minimum absolute atomic E-state index is 0.209. The summed E-state index contributed by atoms with van der Waals surface area (Å²) in [6, 6.07) is 6.44. The predicted octanol–water partition coefficient (Wildman–Crippen LogP) is 1.13. The second-order valence-corrected chi connectivity index (χ2v) is 2.95. The van der Waals surface area contributed by atoms with E-state index in [1.165, 1.54) is 6.07 Å². The van der Waals surface area contributed by atoms with Crippen LogP contribution < -0.4 is 0 Å². The molecule has 0 radical (unpaired) electrons. The molecule has 0 aliphatic carbocycles. The number of carbonyl (C=O) groups is 2. The lowest BCUT2D eigenvalue weighted by Gasteiger charge is -2.02. The average molecular weight is 212 g/mol. The van der Waals surface area contributed by atoms with Crippen molar-refractivity contribution in [2.45, 2.75) is 6.42 Å². The molecule has 0 spiro atoms. The van der Waals surface area contributed by atoms with Crippen LogP contribution >= 0.6 is 0 Å². The molecule has 0 aliphatic heterocycles.